The van der Waals surface area contributed by atoms with Crippen molar-refractivity contribution in [2.75, 3.05) is 32.7 Å². The Kier molecular flexibility index (Phi) is 4.87. The predicted octanol–water partition coefficient (Wildman–Crippen LogP) is 0.283. The minimum absolute atomic E-state index is 0.0685. The first kappa shape index (κ1) is 16.9. The van der Waals surface area contributed by atoms with Crippen molar-refractivity contribution in [1.29, 1.82) is 0 Å². The molecule has 1 aromatic carbocycles. The Labute approximate surface area is 143 Å². The van der Waals surface area contributed by atoms with Gasteiger partial charge >= 0.3 is 0 Å². The number of piperazine rings is 1. The zero-order chi connectivity index (χ0) is 17.2. The third kappa shape index (κ3) is 3.30. The van der Waals surface area contributed by atoms with Crippen molar-refractivity contribution >= 4 is 11.8 Å². The first-order chi connectivity index (χ1) is 11.5. The molecule has 2 aliphatic heterocycles. The third-order valence-corrected chi connectivity index (χ3v) is 5.07. The van der Waals surface area contributed by atoms with Crippen molar-refractivity contribution in [2.24, 2.45) is 5.73 Å². The average Bonchev–Trinajstić information content (AvgIpc) is 2.62. The number of carbonyl (C=O) groups excluding carboxylic acids is 2. The van der Waals surface area contributed by atoms with Gasteiger partial charge in [-0.2, -0.15) is 0 Å². The van der Waals surface area contributed by atoms with Gasteiger partial charge in [0, 0.05) is 32.2 Å². The van der Waals surface area contributed by atoms with E-state index in [0.717, 1.165) is 24.9 Å². The fourth-order valence-electron chi connectivity index (χ4n) is 3.64. The maximum Gasteiger partial charge on any atom is 0.247 e. The molecule has 0 bridgehead atoms. The van der Waals surface area contributed by atoms with Crippen molar-refractivity contribution in [3.8, 4) is 0 Å². The Hall–Kier alpha value is -1.92. The molecule has 3 N–H and O–H groups in total. The first-order valence-corrected chi connectivity index (χ1v) is 8.64. The highest BCUT2D eigenvalue weighted by Crippen LogP contribution is 2.24. The van der Waals surface area contributed by atoms with Crippen LogP contribution in [0.15, 0.2) is 30.3 Å². The van der Waals surface area contributed by atoms with Crippen LogP contribution in [0.2, 0.25) is 0 Å². The van der Waals surface area contributed by atoms with Gasteiger partial charge < -0.3 is 20.9 Å². The summed E-state index contributed by atoms with van der Waals surface area (Å²) >= 11 is 0. The summed E-state index contributed by atoms with van der Waals surface area (Å²) in [6.07, 6.45) is 1.85. The summed E-state index contributed by atoms with van der Waals surface area (Å²) in [4.78, 5) is 28.9. The van der Waals surface area contributed by atoms with E-state index in [0.29, 0.717) is 26.2 Å². The molecule has 6 nitrogen and oxygen atoms in total. The number of amides is 2. The van der Waals surface area contributed by atoms with Crippen molar-refractivity contribution in [2.45, 2.75) is 31.3 Å². The van der Waals surface area contributed by atoms with Gasteiger partial charge in [-0.25, -0.2) is 0 Å². The summed E-state index contributed by atoms with van der Waals surface area (Å²) < 4.78 is 0. The molecule has 0 saturated carbocycles. The van der Waals surface area contributed by atoms with Crippen molar-refractivity contribution in [3.05, 3.63) is 35.9 Å². The van der Waals surface area contributed by atoms with Crippen LogP contribution in [0.3, 0.4) is 0 Å². The van der Waals surface area contributed by atoms with Gasteiger partial charge in [-0.1, -0.05) is 30.3 Å². The third-order valence-electron chi connectivity index (χ3n) is 5.07. The first-order valence-electron chi connectivity index (χ1n) is 8.64. The highest BCUT2D eigenvalue weighted by Gasteiger charge is 2.38. The van der Waals surface area contributed by atoms with Gasteiger partial charge in [-0.3, -0.25) is 9.59 Å². The molecule has 0 aliphatic carbocycles. The van der Waals surface area contributed by atoms with Crippen LogP contribution in [0, 0.1) is 0 Å². The van der Waals surface area contributed by atoms with Gasteiger partial charge in [0.1, 0.15) is 5.54 Å². The van der Waals surface area contributed by atoms with Crippen LogP contribution in [0.4, 0.5) is 0 Å². The zero-order valence-corrected chi connectivity index (χ0v) is 14.2. The van der Waals surface area contributed by atoms with Gasteiger partial charge in [0.05, 0.1) is 6.54 Å². The van der Waals surface area contributed by atoms with Crippen LogP contribution in [0.25, 0.3) is 0 Å². The molecule has 2 unspecified atom stereocenters. The summed E-state index contributed by atoms with van der Waals surface area (Å²) in [5.74, 6) is 0.0556. The Bertz CT molecular complexity index is 602. The van der Waals surface area contributed by atoms with Crippen LogP contribution < -0.4 is 11.1 Å². The summed E-state index contributed by atoms with van der Waals surface area (Å²) in [5.41, 5.74) is 6.15. The lowest BCUT2D eigenvalue weighted by Gasteiger charge is -2.43. The maximum absolute atomic E-state index is 13.0. The molecule has 2 heterocycles. The number of rotatable bonds is 3. The van der Waals surface area contributed by atoms with Crippen LogP contribution in [0.1, 0.15) is 25.3 Å². The number of hydrogen-bond donors (Lipinski definition) is 2. The molecule has 0 aromatic heterocycles. The fourth-order valence-corrected chi connectivity index (χ4v) is 3.64. The van der Waals surface area contributed by atoms with Gasteiger partial charge in [0.15, 0.2) is 0 Å². The molecule has 1 aromatic rings. The number of nitrogens with two attached hydrogens (primary N) is 1. The monoisotopic (exact) mass is 330 g/mol. The second kappa shape index (κ2) is 6.91. The quantitative estimate of drug-likeness (QED) is 0.835. The summed E-state index contributed by atoms with van der Waals surface area (Å²) in [6, 6.07) is 9.58. The van der Waals surface area contributed by atoms with E-state index in [1.54, 1.807) is 6.92 Å². The Morgan fingerprint density at radius 1 is 1.29 bits per heavy atom. The lowest BCUT2D eigenvalue weighted by atomic mass is 9.90. The summed E-state index contributed by atoms with van der Waals surface area (Å²) in [5, 5.41) is 3.09. The zero-order valence-electron chi connectivity index (χ0n) is 14.2. The summed E-state index contributed by atoms with van der Waals surface area (Å²) in [6.45, 7) is 4.96. The van der Waals surface area contributed by atoms with Crippen LogP contribution in [0.5, 0.6) is 0 Å². The molecule has 2 atom stereocenters. The lowest BCUT2D eigenvalue weighted by molar-refractivity contribution is -0.143. The smallest absolute Gasteiger partial charge is 0.247 e. The van der Waals surface area contributed by atoms with Gasteiger partial charge in [0.2, 0.25) is 11.8 Å². The predicted molar refractivity (Wildman–Crippen MR) is 92.2 cm³/mol. The molecule has 6 heteroatoms. The maximum atomic E-state index is 13.0. The number of carbonyl (C=O) groups is 2. The number of nitrogens with one attached hydrogen (secondary N) is 1. The second-order valence-electron chi connectivity index (χ2n) is 6.88. The number of likely N-dealkylation sites (tertiary alicyclic amines) is 1. The minimum atomic E-state index is -1.05. The van der Waals surface area contributed by atoms with E-state index in [2.05, 4.69) is 5.32 Å². The van der Waals surface area contributed by atoms with E-state index in [1.165, 1.54) is 0 Å². The standard InChI is InChI=1S/C18H26N4O2/c1-18(19,14-6-3-2-4-7-14)17(24)21-10-5-8-15(13-21)22-11-9-20-12-16(22)23/h2-4,6-7,15,20H,5,8-13,19H2,1H3. The topological polar surface area (TPSA) is 78.7 Å². The van der Waals surface area contributed by atoms with Crippen LogP contribution in [-0.4, -0.2) is 60.4 Å². The van der Waals surface area contributed by atoms with E-state index >= 15 is 0 Å². The lowest BCUT2D eigenvalue weighted by Crippen LogP contribution is -2.60. The van der Waals surface area contributed by atoms with Gasteiger partial charge in [0.25, 0.3) is 0 Å². The number of hydrogen-bond acceptors (Lipinski definition) is 4. The molecule has 2 fully saturated rings. The minimum Gasteiger partial charge on any atom is -0.339 e. The molecule has 0 radical (unpaired) electrons. The number of nitrogens with zero attached hydrogens (tertiary/aromatic N) is 2. The van der Waals surface area contributed by atoms with Gasteiger partial charge in [-0.05, 0) is 25.3 Å². The molecule has 130 valence electrons. The molecular formula is C18H26N4O2. The van der Waals surface area contributed by atoms with Crippen molar-refractivity contribution in [3.63, 3.8) is 0 Å². The highest BCUT2D eigenvalue weighted by atomic mass is 16.2. The van der Waals surface area contributed by atoms with Gasteiger partial charge in [-0.15, -0.1) is 0 Å². The number of benzene rings is 1. The Morgan fingerprint density at radius 3 is 2.75 bits per heavy atom. The van der Waals surface area contributed by atoms with E-state index in [-0.39, 0.29) is 17.9 Å². The average molecular weight is 330 g/mol. The Morgan fingerprint density at radius 2 is 2.04 bits per heavy atom. The molecule has 24 heavy (non-hydrogen) atoms. The fraction of sp³-hybridized carbons (Fsp3) is 0.556. The molecule has 3 rings (SSSR count). The summed E-state index contributed by atoms with van der Waals surface area (Å²) in [7, 11) is 0. The largest absolute Gasteiger partial charge is 0.339 e. The molecule has 2 amide bonds. The molecule has 0 spiro atoms. The van der Waals surface area contributed by atoms with Crippen molar-refractivity contribution in [1.82, 2.24) is 15.1 Å². The molecule has 2 saturated heterocycles. The Balaban J connectivity index is 1.72. The molecule has 2 aliphatic rings. The van der Waals surface area contributed by atoms with Crippen LogP contribution >= 0.6 is 0 Å². The van der Waals surface area contributed by atoms with E-state index in [9.17, 15) is 9.59 Å². The van der Waals surface area contributed by atoms with Crippen LogP contribution in [-0.2, 0) is 15.1 Å². The second-order valence-corrected chi connectivity index (χ2v) is 6.88. The normalized spacial score (nSPS) is 24.6. The van der Waals surface area contributed by atoms with Crippen molar-refractivity contribution < 1.29 is 9.59 Å². The van der Waals surface area contributed by atoms with E-state index < -0.39 is 5.54 Å². The van der Waals surface area contributed by atoms with E-state index in [1.807, 2.05) is 40.1 Å². The highest BCUT2D eigenvalue weighted by molar-refractivity contribution is 5.87. The van der Waals surface area contributed by atoms with E-state index in [4.69, 9.17) is 5.73 Å². The SMILES string of the molecule is CC(N)(C(=O)N1CCCC(N2CCNCC2=O)C1)c1ccccc1. The molecular weight excluding hydrogens is 304 g/mol. The number of piperidine rings is 1.